The van der Waals surface area contributed by atoms with Crippen LogP contribution in [0, 0.1) is 5.82 Å². The molecular weight excluding hydrogens is 477 g/mol. The van der Waals surface area contributed by atoms with Gasteiger partial charge in [-0.15, -0.1) is 0 Å². The quantitative estimate of drug-likeness (QED) is 0.408. The van der Waals surface area contributed by atoms with Crippen molar-refractivity contribution >= 4 is 33.2 Å². The summed E-state index contributed by atoms with van der Waals surface area (Å²) in [5, 5.41) is 5.89. The lowest BCUT2D eigenvalue weighted by Crippen LogP contribution is -2.44. The Hall–Kier alpha value is -3.22. The summed E-state index contributed by atoms with van der Waals surface area (Å²) in [5.41, 5.74) is 1.06. The van der Waals surface area contributed by atoms with Crippen LogP contribution in [0.2, 0.25) is 0 Å². The largest absolute Gasteiger partial charge is 0.383 e. The molecule has 1 aliphatic heterocycles. The number of anilines is 2. The van der Waals surface area contributed by atoms with Crippen molar-refractivity contribution in [3.05, 3.63) is 53.8 Å². The third-order valence-corrected chi connectivity index (χ3v) is 6.81. The molecule has 2 amide bonds. The van der Waals surface area contributed by atoms with E-state index in [1.165, 1.54) is 37.3 Å². The average Bonchev–Trinajstić information content (AvgIpc) is 2.84. The smallest absolute Gasteiger partial charge is 0.261 e. The Kier molecular flexibility index (Phi) is 9.01. The monoisotopic (exact) mass is 507 g/mol. The predicted octanol–water partition coefficient (Wildman–Crippen LogP) is 0.871. The molecule has 0 unspecified atom stereocenters. The molecule has 0 atom stereocenters. The fourth-order valence-electron chi connectivity index (χ4n) is 3.61. The number of hydrogen-bond acceptors (Lipinski definition) is 7. The molecule has 0 aliphatic carbocycles. The summed E-state index contributed by atoms with van der Waals surface area (Å²) >= 11 is 0. The minimum absolute atomic E-state index is 0.105. The summed E-state index contributed by atoms with van der Waals surface area (Å²) in [6, 6.07) is 9.24. The zero-order chi connectivity index (χ0) is 25.4. The maximum Gasteiger partial charge on any atom is 0.261 e. The molecule has 0 bridgehead atoms. The Balaban J connectivity index is 1.86. The number of likely N-dealkylation sites (N-methyl/N-ethyl adjacent to an activating group) is 1. The molecule has 3 N–H and O–H groups in total. The third kappa shape index (κ3) is 7.13. The number of carbonyl (C=O) groups excluding carboxylic acids is 2. The molecule has 1 fully saturated rings. The van der Waals surface area contributed by atoms with Crippen LogP contribution in [0.15, 0.2) is 47.4 Å². The van der Waals surface area contributed by atoms with Gasteiger partial charge in [0.2, 0.25) is 5.91 Å². The first kappa shape index (κ1) is 26.4. The molecule has 10 nitrogen and oxygen atoms in total. The van der Waals surface area contributed by atoms with E-state index in [9.17, 15) is 22.4 Å². The third-order valence-electron chi connectivity index (χ3n) is 5.43. The first-order chi connectivity index (χ1) is 16.7. The van der Waals surface area contributed by atoms with Crippen molar-refractivity contribution in [1.29, 1.82) is 0 Å². The van der Waals surface area contributed by atoms with Crippen LogP contribution in [-0.4, -0.2) is 85.2 Å². The van der Waals surface area contributed by atoms with Gasteiger partial charge < -0.3 is 25.2 Å². The van der Waals surface area contributed by atoms with E-state index in [-0.39, 0.29) is 28.6 Å². The van der Waals surface area contributed by atoms with Crippen molar-refractivity contribution in [1.82, 2.24) is 15.5 Å². The van der Waals surface area contributed by atoms with Crippen LogP contribution in [0.1, 0.15) is 10.4 Å². The highest BCUT2D eigenvalue weighted by Gasteiger charge is 2.23. The predicted molar refractivity (Wildman–Crippen MR) is 131 cm³/mol. The molecular formula is C23H30FN5O5S. The van der Waals surface area contributed by atoms with Crippen molar-refractivity contribution in [2.75, 3.05) is 69.7 Å². The standard InChI is InChI=1S/C23H30FN5O5S/c1-28(16-22(30)26-11-14-34-2)23(31)17-3-8-21(29-12-9-25-10-13-29)20(15-17)27-35(32,33)19-6-4-18(24)5-7-19/h3-8,15,25,27H,9-14,16H2,1-2H3,(H,26,30). The highest BCUT2D eigenvalue weighted by Crippen LogP contribution is 2.30. The van der Waals surface area contributed by atoms with Gasteiger partial charge in [-0.25, -0.2) is 12.8 Å². The number of carbonyl (C=O) groups is 2. The number of benzene rings is 2. The van der Waals surface area contributed by atoms with Gasteiger partial charge in [0.1, 0.15) is 5.82 Å². The molecule has 2 aromatic carbocycles. The van der Waals surface area contributed by atoms with E-state index in [1.807, 2.05) is 4.90 Å². The lowest BCUT2D eigenvalue weighted by molar-refractivity contribution is -0.121. The Morgan fingerprint density at radius 3 is 2.49 bits per heavy atom. The SMILES string of the molecule is COCCNC(=O)CN(C)C(=O)c1ccc(N2CCNCC2)c(NS(=O)(=O)c2ccc(F)cc2)c1. The summed E-state index contributed by atoms with van der Waals surface area (Å²) in [6.07, 6.45) is 0. The Bertz CT molecular complexity index is 1140. The molecule has 190 valence electrons. The number of amides is 2. The van der Waals surface area contributed by atoms with Crippen LogP contribution in [0.3, 0.4) is 0 Å². The van der Waals surface area contributed by atoms with Crippen LogP contribution >= 0.6 is 0 Å². The molecule has 0 saturated carbocycles. The second-order valence-corrected chi connectivity index (χ2v) is 9.71. The number of rotatable bonds is 10. The van der Waals surface area contributed by atoms with Crippen molar-refractivity contribution < 1.29 is 27.1 Å². The molecule has 0 spiro atoms. The van der Waals surface area contributed by atoms with Crippen LogP contribution in [-0.2, 0) is 19.6 Å². The van der Waals surface area contributed by atoms with Crippen LogP contribution in [0.5, 0.6) is 0 Å². The van der Waals surface area contributed by atoms with Crippen LogP contribution < -0.4 is 20.3 Å². The van der Waals surface area contributed by atoms with Crippen molar-refractivity contribution in [2.45, 2.75) is 4.90 Å². The minimum atomic E-state index is -4.05. The summed E-state index contributed by atoms with van der Waals surface area (Å²) in [4.78, 5) is 28.2. The van der Waals surface area contributed by atoms with Gasteiger partial charge in [-0.2, -0.15) is 0 Å². The molecule has 35 heavy (non-hydrogen) atoms. The number of nitrogens with zero attached hydrogens (tertiary/aromatic N) is 2. The summed E-state index contributed by atoms with van der Waals surface area (Å²) in [6.45, 7) is 3.27. The Labute approximate surface area is 204 Å². The van der Waals surface area contributed by atoms with E-state index in [2.05, 4.69) is 15.4 Å². The number of methoxy groups -OCH3 is 1. The van der Waals surface area contributed by atoms with E-state index >= 15 is 0 Å². The maximum atomic E-state index is 13.3. The lowest BCUT2D eigenvalue weighted by Gasteiger charge is -2.31. The lowest BCUT2D eigenvalue weighted by atomic mass is 10.1. The number of ether oxygens (including phenoxy) is 1. The number of halogens is 1. The second-order valence-electron chi connectivity index (χ2n) is 8.03. The normalized spacial score (nSPS) is 13.9. The molecule has 0 radical (unpaired) electrons. The highest BCUT2D eigenvalue weighted by atomic mass is 32.2. The Morgan fingerprint density at radius 2 is 1.83 bits per heavy atom. The summed E-state index contributed by atoms with van der Waals surface area (Å²) in [7, 11) is -1.03. The van der Waals surface area contributed by atoms with E-state index in [0.29, 0.717) is 31.9 Å². The topological polar surface area (TPSA) is 120 Å². The zero-order valence-electron chi connectivity index (χ0n) is 19.7. The van der Waals surface area contributed by atoms with Gasteiger partial charge in [0.05, 0.1) is 29.4 Å². The summed E-state index contributed by atoms with van der Waals surface area (Å²) < 4.78 is 46.8. The summed E-state index contributed by atoms with van der Waals surface area (Å²) in [5.74, 6) is -1.33. The van der Waals surface area contributed by atoms with E-state index in [4.69, 9.17) is 4.74 Å². The number of sulfonamides is 1. The molecule has 1 aliphatic rings. The number of piperazine rings is 1. The average molecular weight is 508 g/mol. The van der Waals surface area contributed by atoms with Crippen molar-refractivity contribution in [3.63, 3.8) is 0 Å². The maximum absolute atomic E-state index is 13.3. The fraction of sp³-hybridized carbons (Fsp3) is 0.391. The van der Waals surface area contributed by atoms with Gasteiger partial charge in [0.25, 0.3) is 15.9 Å². The molecule has 3 rings (SSSR count). The van der Waals surface area contributed by atoms with Gasteiger partial charge in [-0.3, -0.25) is 14.3 Å². The fourth-order valence-corrected chi connectivity index (χ4v) is 4.67. The molecule has 0 aromatic heterocycles. The zero-order valence-corrected chi connectivity index (χ0v) is 20.5. The molecule has 12 heteroatoms. The van der Waals surface area contributed by atoms with Gasteiger partial charge >= 0.3 is 0 Å². The van der Waals surface area contributed by atoms with Gasteiger partial charge in [-0.05, 0) is 42.5 Å². The van der Waals surface area contributed by atoms with Crippen LogP contribution in [0.25, 0.3) is 0 Å². The second kappa shape index (κ2) is 12.0. The molecule has 1 heterocycles. The molecule has 1 saturated heterocycles. The number of hydrogen-bond donors (Lipinski definition) is 3. The first-order valence-electron chi connectivity index (χ1n) is 11.1. The van der Waals surface area contributed by atoms with Gasteiger partial charge in [0.15, 0.2) is 0 Å². The van der Waals surface area contributed by atoms with Crippen molar-refractivity contribution in [3.8, 4) is 0 Å². The van der Waals surface area contributed by atoms with Gasteiger partial charge in [-0.1, -0.05) is 0 Å². The van der Waals surface area contributed by atoms with E-state index in [1.54, 1.807) is 12.1 Å². The van der Waals surface area contributed by atoms with Crippen molar-refractivity contribution in [2.24, 2.45) is 0 Å². The minimum Gasteiger partial charge on any atom is -0.383 e. The van der Waals surface area contributed by atoms with Crippen LogP contribution in [0.4, 0.5) is 15.8 Å². The highest BCUT2D eigenvalue weighted by molar-refractivity contribution is 7.92. The van der Waals surface area contributed by atoms with Gasteiger partial charge in [0, 0.05) is 52.4 Å². The Morgan fingerprint density at radius 1 is 1.14 bits per heavy atom. The van der Waals surface area contributed by atoms with E-state index < -0.39 is 21.7 Å². The first-order valence-corrected chi connectivity index (χ1v) is 12.6. The number of nitrogens with one attached hydrogen (secondary N) is 3. The van der Waals surface area contributed by atoms with E-state index in [0.717, 1.165) is 25.2 Å². The molecule has 2 aromatic rings.